The highest BCUT2D eigenvalue weighted by Gasteiger charge is 2.34. The zero-order chi connectivity index (χ0) is 18.7. The molecule has 0 aliphatic carbocycles. The van der Waals surface area contributed by atoms with Gasteiger partial charge in [0.2, 0.25) is 15.9 Å². The molecule has 1 aliphatic heterocycles. The number of furan rings is 1. The van der Waals surface area contributed by atoms with Crippen molar-refractivity contribution in [2.45, 2.75) is 31.2 Å². The molecule has 3 rings (SSSR count). The number of hydrogen-bond donors (Lipinski definition) is 0. The summed E-state index contributed by atoms with van der Waals surface area (Å²) in [6.45, 7) is 2.91. The van der Waals surface area contributed by atoms with E-state index in [1.165, 1.54) is 4.31 Å². The molecule has 1 aromatic heterocycles. The first-order valence-electron chi connectivity index (χ1n) is 8.73. The van der Waals surface area contributed by atoms with Gasteiger partial charge in [0.05, 0.1) is 17.4 Å². The smallest absolute Gasteiger partial charge is 0.243 e. The summed E-state index contributed by atoms with van der Waals surface area (Å²) < 4.78 is 32.6. The highest BCUT2D eigenvalue weighted by Crippen LogP contribution is 2.25. The summed E-state index contributed by atoms with van der Waals surface area (Å²) in [5.41, 5.74) is 0. The molecule has 1 atom stereocenters. The summed E-state index contributed by atoms with van der Waals surface area (Å²) in [6.07, 6.45) is 1.37. The molecular formula is C19H24N2O4S. The number of aryl methyl sites for hydroxylation is 1. The van der Waals surface area contributed by atoms with Crippen molar-refractivity contribution in [3.8, 4) is 0 Å². The van der Waals surface area contributed by atoms with Gasteiger partial charge in [-0.15, -0.1) is 0 Å². The minimum atomic E-state index is -3.57. The molecule has 1 aliphatic rings. The first-order valence-corrected chi connectivity index (χ1v) is 10.2. The fraction of sp³-hybridized carbons (Fsp3) is 0.421. The Hall–Kier alpha value is -2.12. The van der Waals surface area contributed by atoms with E-state index in [4.69, 9.17) is 4.42 Å². The average molecular weight is 376 g/mol. The SMILES string of the molecule is Cc1ccc(CN(C)C(=O)C2CCCN(S(=O)(=O)c3ccccc3)C2)o1. The summed E-state index contributed by atoms with van der Waals surface area (Å²) in [5.74, 6) is 1.15. The lowest BCUT2D eigenvalue weighted by molar-refractivity contribution is -0.136. The van der Waals surface area contributed by atoms with E-state index in [1.807, 2.05) is 19.1 Å². The molecule has 0 bridgehead atoms. The van der Waals surface area contributed by atoms with Crippen LogP contribution in [-0.4, -0.2) is 43.7 Å². The van der Waals surface area contributed by atoms with Crippen molar-refractivity contribution in [1.82, 2.24) is 9.21 Å². The number of sulfonamides is 1. The van der Waals surface area contributed by atoms with Gasteiger partial charge >= 0.3 is 0 Å². The Morgan fingerprint density at radius 1 is 1.23 bits per heavy atom. The van der Waals surface area contributed by atoms with Crippen LogP contribution in [0.1, 0.15) is 24.4 Å². The summed E-state index contributed by atoms with van der Waals surface area (Å²) in [7, 11) is -1.84. The van der Waals surface area contributed by atoms with Gasteiger partial charge < -0.3 is 9.32 Å². The van der Waals surface area contributed by atoms with Crippen molar-refractivity contribution >= 4 is 15.9 Å². The minimum Gasteiger partial charge on any atom is -0.464 e. The Morgan fingerprint density at radius 2 is 1.96 bits per heavy atom. The maximum absolute atomic E-state index is 12.8. The summed E-state index contributed by atoms with van der Waals surface area (Å²) in [6, 6.07) is 12.1. The predicted octanol–water partition coefficient (Wildman–Crippen LogP) is 2.65. The maximum atomic E-state index is 12.8. The van der Waals surface area contributed by atoms with Crippen molar-refractivity contribution in [1.29, 1.82) is 0 Å². The second-order valence-electron chi connectivity index (χ2n) is 6.72. The molecule has 0 radical (unpaired) electrons. The molecule has 2 heterocycles. The molecule has 7 heteroatoms. The van der Waals surface area contributed by atoms with Crippen LogP contribution in [-0.2, 0) is 21.4 Å². The van der Waals surface area contributed by atoms with Crippen LogP contribution in [0.15, 0.2) is 51.8 Å². The third kappa shape index (κ3) is 3.99. The van der Waals surface area contributed by atoms with Crippen molar-refractivity contribution in [3.63, 3.8) is 0 Å². The van der Waals surface area contributed by atoms with E-state index in [-0.39, 0.29) is 23.3 Å². The Bertz CT molecular complexity index is 861. The van der Waals surface area contributed by atoms with E-state index >= 15 is 0 Å². The van der Waals surface area contributed by atoms with E-state index in [0.29, 0.717) is 25.9 Å². The van der Waals surface area contributed by atoms with Gasteiger partial charge in [-0.05, 0) is 44.0 Å². The molecule has 6 nitrogen and oxygen atoms in total. The third-order valence-electron chi connectivity index (χ3n) is 4.68. The number of rotatable bonds is 5. The lowest BCUT2D eigenvalue weighted by Crippen LogP contribution is -2.45. The molecule has 0 N–H and O–H groups in total. The van der Waals surface area contributed by atoms with Gasteiger partial charge in [0, 0.05) is 20.1 Å². The number of piperidine rings is 1. The monoisotopic (exact) mass is 376 g/mol. The number of carbonyl (C=O) groups is 1. The van der Waals surface area contributed by atoms with Crippen LogP contribution in [0.4, 0.5) is 0 Å². The highest BCUT2D eigenvalue weighted by atomic mass is 32.2. The van der Waals surface area contributed by atoms with Crippen LogP contribution in [0.3, 0.4) is 0 Å². The quantitative estimate of drug-likeness (QED) is 0.804. The molecule has 1 amide bonds. The molecule has 26 heavy (non-hydrogen) atoms. The topological polar surface area (TPSA) is 70.8 Å². The lowest BCUT2D eigenvalue weighted by Gasteiger charge is -2.33. The van der Waals surface area contributed by atoms with Gasteiger partial charge in [-0.2, -0.15) is 4.31 Å². The van der Waals surface area contributed by atoms with Crippen LogP contribution in [0.5, 0.6) is 0 Å². The Morgan fingerprint density at radius 3 is 2.62 bits per heavy atom. The first kappa shape index (κ1) is 18.7. The number of hydrogen-bond acceptors (Lipinski definition) is 4. The molecule has 1 fully saturated rings. The third-order valence-corrected chi connectivity index (χ3v) is 6.56. The molecule has 0 spiro atoms. The summed E-state index contributed by atoms with van der Waals surface area (Å²) in [4.78, 5) is 14.7. The Kier molecular flexibility index (Phi) is 5.48. The number of carbonyl (C=O) groups excluding carboxylic acids is 1. The molecule has 0 saturated carbocycles. The van der Waals surface area contributed by atoms with E-state index in [1.54, 1.807) is 42.3 Å². The number of amides is 1. The first-order chi connectivity index (χ1) is 12.4. The molecular weight excluding hydrogens is 352 g/mol. The summed E-state index contributed by atoms with van der Waals surface area (Å²) in [5, 5.41) is 0. The molecule has 1 unspecified atom stereocenters. The van der Waals surface area contributed by atoms with Crippen molar-refractivity contribution in [2.75, 3.05) is 20.1 Å². The van der Waals surface area contributed by atoms with Crippen LogP contribution in [0, 0.1) is 12.8 Å². The van der Waals surface area contributed by atoms with E-state index in [0.717, 1.165) is 11.5 Å². The van der Waals surface area contributed by atoms with Crippen molar-refractivity contribution in [3.05, 3.63) is 54.0 Å². The zero-order valence-corrected chi connectivity index (χ0v) is 15.9. The molecule has 140 valence electrons. The summed E-state index contributed by atoms with van der Waals surface area (Å²) >= 11 is 0. The van der Waals surface area contributed by atoms with E-state index < -0.39 is 10.0 Å². The van der Waals surface area contributed by atoms with Gasteiger partial charge in [-0.3, -0.25) is 4.79 Å². The molecule has 2 aromatic rings. The highest BCUT2D eigenvalue weighted by molar-refractivity contribution is 7.89. The number of benzene rings is 1. The van der Waals surface area contributed by atoms with E-state index in [9.17, 15) is 13.2 Å². The van der Waals surface area contributed by atoms with Crippen molar-refractivity contribution in [2.24, 2.45) is 5.92 Å². The van der Waals surface area contributed by atoms with Gasteiger partial charge in [-0.1, -0.05) is 18.2 Å². The minimum absolute atomic E-state index is 0.0491. The van der Waals surface area contributed by atoms with Crippen molar-refractivity contribution < 1.29 is 17.6 Å². The molecule has 1 saturated heterocycles. The largest absolute Gasteiger partial charge is 0.464 e. The maximum Gasteiger partial charge on any atom is 0.243 e. The van der Waals surface area contributed by atoms with Gasteiger partial charge in [0.1, 0.15) is 11.5 Å². The van der Waals surface area contributed by atoms with Gasteiger partial charge in [0.15, 0.2) is 0 Å². The second kappa shape index (κ2) is 7.63. The fourth-order valence-corrected chi connectivity index (χ4v) is 4.84. The Balaban J connectivity index is 1.68. The predicted molar refractivity (Wildman–Crippen MR) is 97.8 cm³/mol. The van der Waals surface area contributed by atoms with Gasteiger partial charge in [0.25, 0.3) is 0 Å². The van der Waals surface area contributed by atoms with Crippen LogP contribution in [0.2, 0.25) is 0 Å². The second-order valence-corrected chi connectivity index (χ2v) is 8.66. The zero-order valence-electron chi connectivity index (χ0n) is 15.1. The van der Waals surface area contributed by atoms with Crippen LogP contribution >= 0.6 is 0 Å². The van der Waals surface area contributed by atoms with Crippen LogP contribution < -0.4 is 0 Å². The van der Waals surface area contributed by atoms with Crippen LogP contribution in [0.25, 0.3) is 0 Å². The average Bonchev–Trinajstić information content (AvgIpc) is 3.06. The Labute approximate surface area is 154 Å². The normalized spacial score (nSPS) is 18.6. The fourth-order valence-electron chi connectivity index (χ4n) is 3.30. The molecule has 1 aromatic carbocycles. The lowest BCUT2D eigenvalue weighted by atomic mass is 9.98. The van der Waals surface area contributed by atoms with E-state index in [2.05, 4.69) is 0 Å². The van der Waals surface area contributed by atoms with Gasteiger partial charge in [-0.25, -0.2) is 8.42 Å². The standard InChI is InChI=1S/C19H24N2O4S/c1-15-10-11-17(25-15)14-20(2)19(22)16-7-6-12-21(13-16)26(23,24)18-8-4-3-5-9-18/h3-5,8-11,16H,6-7,12-14H2,1-2H3. The number of nitrogens with zero attached hydrogens (tertiary/aromatic N) is 2.